The molecule has 0 spiro atoms. The van der Waals surface area contributed by atoms with Crippen LogP contribution in [-0.4, -0.2) is 36.4 Å². The standard InChI is InChI=1S/C28H31N3O4S/c1-17-12-13-25(35-7)24(16-17)31-27(29-23-11-9-8-10-22(23)28(31)32)21(5)30(6)36(33,34)26-19(3)14-18(2)15-20(26)4/h8-16,21H,1-7H3. The summed E-state index contributed by atoms with van der Waals surface area (Å²) < 4.78 is 36.1. The molecule has 36 heavy (non-hydrogen) atoms. The van der Waals surface area contributed by atoms with E-state index in [-0.39, 0.29) is 10.5 Å². The largest absolute Gasteiger partial charge is 0.495 e. The second-order valence-corrected chi connectivity index (χ2v) is 11.2. The van der Waals surface area contributed by atoms with Crippen LogP contribution >= 0.6 is 0 Å². The van der Waals surface area contributed by atoms with Gasteiger partial charge in [-0.25, -0.2) is 13.4 Å². The maximum absolute atomic E-state index is 13.9. The monoisotopic (exact) mass is 505 g/mol. The molecule has 4 rings (SSSR count). The third kappa shape index (κ3) is 4.31. The number of aromatic nitrogens is 2. The van der Waals surface area contributed by atoms with Crippen molar-refractivity contribution in [1.82, 2.24) is 13.9 Å². The van der Waals surface area contributed by atoms with E-state index in [1.807, 2.05) is 38.1 Å². The van der Waals surface area contributed by atoms with Crippen LogP contribution in [0.5, 0.6) is 5.75 Å². The molecule has 8 heteroatoms. The Hall–Kier alpha value is -3.49. The molecule has 0 amide bonds. The Morgan fingerprint density at radius 3 is 2.22 bits per heavy atom. The van der Waals surface area contributed by atoms with Crippen LogP contribution < -0.4 is 10.3 Å². The van der Waals surface area contributed by atoms with E-state index in [1.54, 1.807) is 51.1 Å². The maximum Gasteiger partial charge on any atom is 0.266 e. The zero-order valence-corrected chi connectivity index (χ0v) is 22.5. The van der Waals surface area contributed by atoms with Crippen LogP contribution in [0, 0.1) is 27.7 Å². The molecular formula is C28H31N3O4S. The number of hydrogen-bond acceptors (Lipinski definition) is 5. The lowest BCUT2D eigenvalue weighted by molar-refractivity contribution is 0.375. The zero-order valence-electron chi connectivity index (χ0n) is 21.7. The fraction of sp³-hybridized carbons (Fsp3) is 0.286. The highest BCUT2D eigenvalue weighted by Gasteiger charge is 2.32. The van der Waals surface area contributed by atoms with Gasteiger partial charge in [0.15, 0.2) is 0 Å². The summed E-state index contributed by atoms with van der Waals surface area (Å²) in [6.07, 6.45) is 0. The maximum atomic E-state index is 13.9. The van der Waals surface area contributed by atoms with Crippen molar-refractivity contribution in [2.24, 2.45) is 0 Å². The number of hydrogen-bond donors (Lipinski definition) is 0. The van der Waals surface area contributed by atoms with Gasteiger partial charge in [-0.2, -0.15) is 4.31 Å². The van der Waals surface area contributed by atoms with Gasteiger partial charge in [-0.15, -0.1) is 0 Å². The molecule has 0 aliphatic rings. The van der Waals surface area contributed by atoms with Crippen molar-refractivity contribution in [2.75, 3.05) is 14.2 Å². The highest BCUT2D eigenvalue weighted by molar-refractivity contribution is 7.89. The minimum absolute atomic E-state index is 0.269. The summed E-state index contributed by atoms with van der Waals surface area (Å²) in [5.41, 5.74) is 4.00. The summed E-state index contributed by atoms with van der Waals surface area (Å²) in [7, 11) is -0.843. The Morgan fingerprint density at radius 2 is 1.58 bits per heavy atom. The van der Waals surface area contributed by atoms with Gasteiger partial charge in [-0.1, -0.05) is 35.9 Å². The number of fused-ring (bicyclic) bond motifs is 1. The van der Waals surface area contributed by atoms with Gasteiger partial charge in [-0.05, 0) is 75.6 Å². The van der Waals surface area contributed by atoms with Crippen molar-refractivity contribution in [3.05, 3.63) is 93.0 Å². The number of benzene rings is 3. The summed E-state index contributed by atoms with van der Waals surface area (Å²) in [4.78, 5) is 18.9. The molecule has 0 aliphatic carbocycles. The van der Waals surface area contributed by atoms with E-state index < -0.39 is 16.1 Å². The number of para-hydroxylation sites is 1. The van der Waals surface area contributed by atoms with Crippen molar-refractivity contribution in [2.45, 2.75) is 45.6 Å². The average Bonchev–Trinajstić information content (AvgIpc) is 2.82. The molecule has 0 fully saturated rings. The third-order valence-electron chi connectivity index (χ3n) is 6.54. The second-order valence-electron chi connectivity index (χ2n) is 9.23. The van der Waals surface area contributed by atoms with E-state index in [4.69, 9.17) is 9.72 Å². The van der Waals surface area contributed by atoms with Gasteiger partial charge in [-0.3, -0.25) is 9.36 Å². The van der Waals surface area contributed by atoms with Gasteiger partial charge >= 0.3 is 0 Å². The molecule has 4 aromatic rings. The number of nitrogens with zero attached hydrogens (tertiary/aromatic N) is 3. The molecule has 1 heterocycles. The Morgan fingerprint density at radius 1 is 0.944 bits per heavy atom. The van der Waals surface area contributed by atoms with E-state index in [1.165, 1.54) is 23.0 Å². The van der Waals surface area contributed by atoms with E-state index >= 15 is 0 Å². The SMILES string of the molecule is COc1ccc(C)cc1-n1c(C(C)N(C)S(=O)(=O)c2c(C)cc(C)cc2C)nc2ccccc2c1=O. The Labute approximate surface area is 212 Å². The number of rotatable bonds is 6. The lowest BCUT2D eigenvalue weighted by Gasteiger charge is -2.28. The van der Waals surface area contributed by atoms with Crippen molar-refractivity contribution in [3.8, 4) is 11.4 Å². The van der Waals surface area contributed by atoms with E-state index in [2.05, 4.69) is 0 Å². The predicted octanol–water partition coefficient (Wildman–Crippen LogP) is 5.01. The van der Waals surface area contributed by atoms with Crippen LogP contribution in [0.3, 0.4) is 0 Å². The van der Waals surface area contributed by atoms with Crippen molar-refractivity contribution < 1.29 is 13.2 Å². The third-order valence-corrected chi connectivity index (χ3v) is 8.77. The molecule has 1 atom stereocenters. The molecule has 7 nitrogen and oxygen atoms in total. The van der Waals surface area contributed by atoms with Gasteiger partial charge in [0.2, 0.25) is 10.0 Å². The minimum Gasteiger partial charge on any atom is -0.495 e. The summed E-state index contributed by atoms with van der Waals surface area (Å²) >= 11 is 0. The molecule has 0 bridgehead atoms. The van der Waals surface area contributed by atoms with Crippen molar-refractivity contribution in [3.63, 3.8) is 0 Å². The zero-order chi connectivity index (χ0) is 26.4. The molecule has 0 saturated carbocycles. The van der Waals surface area contributed by atoms with E-state index in [0.29, 0.717) is 39.3 Å². The number of ether oxygens (including phenoxy) is 1. The first-order valence-corrected chi connectivity index (χ1v) is 13.1. The van der Waals surface area contributed by atoms with Crippen molar-refractivity contribution >= 4 is 20.9 Å². The first-order valence-electron chi connectivity index (χ1n) is 11.7. The highest BCUT2D eigenvalue weighted by Crippen LogP contribution is 2.32. The van der Waals surface area contributed by atoms with Crippen LogP contribution in [-0.2, 0) is 10.0 Å². The molecule has 0 aliphatic heterocycles. The quantitative estimate of drug-likeness (QED) is 0.368. The van der Waals surface area contributed by atoms with Gasteiger partial charge in [0.1, 0.15) is 11.6 Å². The minimum atomic E-state index is -3.91. The molecule has 0 N–H and O–H groups in total. The highest BCUT2D eigenvalue weighted by atomic mass is 32.2. The fourth-order valence-electron chi connectivity index (χ4n) is 4.73. The lowest BCUT2D eigenvalue weighted by Crippen LogP contribution is -2.35. The van der Waals surface area contributed by atoms with E-state index in [9.17, 15) is 13.2 Å². The lowest BCUT2D eigenvalue weighted by atomic mass is 10.1. The molecule has 0 saturated heterocycles. The van der Waals surface area contributed by atoms with Gasteiger partial charge in [0, 0.05) is 7.05 Å². The number of methoxy groups -OCH3 is 1. The summed E-state index contributed by atoms with van der Waals surface area (Å²) in [5, 5.41) is 0.438. The molecule has 188 valence electrons. The first-order chi connectivity index (χ1) is 17.0. The number of aryl methyl sites for hydroxylation is 4. The summed E-state index contributed by atoms with van der Waals surface area (Å²) in [6, 6.07) is 15.6. The molecule has 1 unspecified atom stereocenters. The van der Waals surface area contributed by atoms with Gasteiger partial charge in [0.05, 0.1) is 34.6 Å². The van der Waals surface area contributed by atoms with Gasteiger partial charge < -0.3 is 4.74 Å². The Bertz CT molecular complexity index is 1620. The predicted molar refractivity (Wildman–Crippen MR) is 143 cm³/mol. The normalized spacial score (nSPS) is 12.8. The summed E-state index contributed by atoms with van der Waals surface area (Å²) in [6.45, 7) is 9.20. The molecule has 3 aromatic carbocycles. The van der Waals surface area contributed by atoms with Crippen LogP contribution in [0.15, 0.2) is 64.3 Å². The number of sulfonamides is 1. The second kappa shape index (κ2) is 9.52. The smallest absolute Gasteiger partial charge is 0.266 e. The van der Waals surface area contributed by atoms with Crippen LogP contribution in [0.1, 0.15) is 41.0 Å². The topological polar surface area (TPSA) is 81.5 Å². The molecular weight excluding hydrogens is 474 g/mol. The molecule has 0 radical (unpaired) electrons. The van der Waals surface area contributed by atoms with Crippen molar-refractivity contribution in [1.29, 1.82) is 0 Å². The van der Waals surface area contributed by atoms with Gasteiger partial charge in [0.25, 0.3) is 5.56 Å². The first kappa shape index (κ1) is 25.6. The Balaban J connectivity index is 1.99. The summed E-state index contributed by atoms with van der Waals surface area (Å²) in [5.74, 6) is 0.792. The Kier molecular flexibility index (Phi) is 6.77. The van der Waals surface area contributed by atoms with Crippen LogP contribution in [0.4, 0.5) is 0 Å². The fourth-order valence-corrected chi connectivity index (χ4v) is 6.46. The van der Waals surface area contributed by atoms with Crippen LogP contribution in [0.2, 0.25) is 0 Å². The molecule has 1 aromatic heterocycles. The van der Waals surface area contributed by atoms with E-state index in [0.717, 1.165) is 11.1 Å². The van der Waals surface area contributed by atoms with Crippen LogP contribution in [0.25, 0.3) is 16.6 Å². The average molecular weight is 506 g/mol.